The molecule has 0 N–H and O–H groups in total. The zero-order valence-corrected chi connectivity index (χ0v) is 10.3. The van der Waals surface area contributed by atoms with Gasteiger partial charge in [-0.05, 0) is 18.2 Å². The molecule has 1 heterocycles. The van der Waals surface area contributed by atoms with Crippen LogP contribution >= 0.6 is 15.9 Å². The second-order valence-electron chi connectivity index (χ2n) is 3.42. The molecule has 2 aromatic rings. The van der Waals surface area contributed by atoms with Crippen LogP contribution in [0, 0.1) is 15.9 Å². The molecular weight excluding hydrogens is 293 g/mol. The van der Waals surface area contributed by atoms with E-state index in [1.165, 1.54) is 29.1 Å². The van der Waals surface area contributed by atoms with E-state index in [1.807, 2.05) is 0 Å². The molecule has 0 saturated carbocycles. The van der Waals surface area contributed by atoms with Crippen molar-refractivity contribution in [3.05, 3.63) is 44.8 Å². The van der Waals surface area contributed by atoms with E-state index in [0.29, 0.717) is 10.0 Å². The Morgan fingerprint density at radius 1 is 1.53 bits per heavy atom. The summed E-state index contributed by atoms with van der Waals surface area (Å²) in [4.78, 5) is 10.3. The predicted octanol–water partition coefficient (Wildman–Crippen LogP) is 2.90. The van der Waals surface area contributed by atoms with Crippen LogP contribution in [0.4, 0.5) is 10.1 Å². The summed E-state index contributed by atoms with van der Waals surface area (Å²) in [6.07, 6.45) is 1.28. The summed E-state index contributed by atoms with van der Waals surface area (Å²) >= 11 is 3.22. The Balaban J connectivity index is 2.67. The van der Waals surface area contributed by atoms with E-state index in [4.69, 9.17) is 0 Å². The molecule has 0 unspecified atom stereocenters. The second kappa shape index (κ2) is 4.25. The minimum Gasteiger partial charge on any atom is -0.268 e. The van der Waals surface area contributed by atoms with Crippen LogP contribution in [-0.2, 0) is 7.05 Å². The van der Waals surface area contributed by atoms with E-state index in [9.17, 15) is 14.5 Å². The molecule has 88 valence electrons. The molecule has 0 spiro atoms. The molecule has 0 aliphatic carbocycles. The second-order valence-corrected chi connectivity index (χ2v) is 4.27. The summed E-state index contributed by atoms with van der Waals surface area (Å²) in [5.74, 6) is -0.469. The Kier molecular flexibility index (Phi) is 2.93. The molecule has 2 rings (SSSR count). The number of benzene rings is 1. The molecule has 0 aliphatic rings. The van der Waals surface area contributed by atoms with E-state index in [0.717, 1.165) is 0 Å². The fourth-order valence-electron chi connectivity index (χ4n) is 1.48. The first-order valence-electron chi connectivity index (χ1n) is 4.62. The maximum atomic E-state index is 13.1. The lowest BCUT2D eigenvalue weighted by Gasteiger charge is -2.00. The molecule has 0 bridgehead atoms. The van der Waals surface area contributed by atoms with Crippen LogP contribution in [-0.4, -0.2) is 14.7 Å². The average Bonchev–Trinajstić information content (AvgIpc) is 2.64. The molecule has 0 radical (unpaired) electrons. The van der Waals surface area contributed by atoms with Crippen LogP contribution in [0.2, 0.25) is 0 Å². The fraction of sp³-hybridized carbons (Fsp3) is 0.100. The van der Waals surface area contributed by atoms with Crippen molar-refractivity contribution in [3.8, 4) is 11.3 Å². The summed E-state index contributed by atoms with van der Waals surface area (Å²) in [7, 11) is 1.57. The van der Waals surface area contributed by atoms with Crippen LogP contribution in [0.1, 0.15) is 0 Å². The molecule has 1 aromatic carbocycles. The minimum atomic E-state index is -0.542. The van der Waals surface area contributed by atoms with Gasteiger partial charge in [0.1, 0.15) is 12.0 Å². The molecule has 0 atom stereocenters. The van der Waals surface area contributed by atoms with Crippen molar-refractivity contribution >= 4 is 21.6 Å². The van der Waals surface area contributed by atoms with Gasteiger partial charge in [-0.15, -0.1) is 0 Å². The van der Waals surface area contributed by atoms with Crippen LogP contribution < -0.4 is 0 Å². The molecule has 7 heteroatoms. The van der Waals surface area contributed by atoms with E-state index < -0.39 is 10.7 Å². The number of nitrogens with zero attached hydrogens (tertiary/aromatic N) is 3. The van der Waals surface area contributed by atoms with Gasteiger partial charge in [0.05, 0.1) is 4.92 Å². The van der Waals surface area contributed by atoms with Gasteiger partial charge in [0.25, 0.3) is 0 Å². The van der Waals surface area contributed by atoms with E-state index in [1.54, 1.807) is 7.05 Å². The van der Waals surface area contributed by atoms with Crippen molar-refractivity contribution in [2.24, 2.45) is 7.05 Å². The van der Waals surface area contributed by atoms with Gasteiger partial charge in [-0.3, -0.25) is 14.8 Å². The molecule has 0 fully saturated rings. The third kappa shape index (κ3) is 2.19. The highest BCUT2D eigenvalue weighted by atomic mass is 79.9. The molecular formula is C10H7BrFN3O2. The van der Waals surface area contributed by atoms with Gasteiger partial charge in [0.2, 0.25) is 0 Å². The summed E-state index contributed by atoms with van der Waals surface area (Å²) in [6, 6.07) is 3.96. The summed E-state index contributed by atoms with van der Waals surface area (Å²) in [5.41, 5.74) is 0.347. The van der Waals surface area contributed by atoms with Gasteiger partial charge < -0.3 is 0 Å². The van der Waals surface area contributed by atoms with Crippen LogP contribution in [0.3, 0.4) is 0 Å². The van der Waals surface area contributed by atoms with E-state index in [2.05, 4.69) is 21.0 Å². The zero-order valence-electron chi connectivity index (χ0n) is 8.72. The van der Waals surface area contributed by atoms with E-state index >= 15 is 0 Å². The topological polar surface area (TPSA) is 61.0 Å². The van der Waals surface area contributed by atoms with Gasteiger partial charge in [-0.25, -0.2) is 4.39 Å². The Hall–Kier alpha value is -1.76. The van der Waals surface area contributed by atoms with Gasteiger partial charge in [0.15, 0.2) is 5.69 Å². The Bertz CT molecular complexity index is 597. The quantitative estimate of drug-likeness (QED) is 0.633. The van der Waals surface area contributed by atoms with Gasteiger partial charge in [-0.2, -0.15) is 5.10 Å². The highest BCUT2D eigenvalue weighted by molar-refractivity contribution is 9.10. The number of aromatic nitrogens is 2. The minimum absolute atomic E-state index is 0.142. The number of aryl methyl sites for hydroxylation is 1. The Morgan fingerprint density at radius 2 is 2.24 bits per heavy atom. The molecule has 17 heavy (non-hydrogen) atoms. The maximum absolute atomic E-state index is 13.1. The molecule has 0 amide bonds. The third-order valence-electron chi connectivity index (χ3n) is 2.19. The maximum Gasteiger partial charge on any atom is 0.314 e. The highest BCUT2D eigenvalue weighted by Crippen LogP contribution is 2.33. The summed E-state index contributed by atoms with van der Waals surface area (Å²) in [6.45, 7) is 0. The number of hydrogen-bond acceptors (Lipinski definition) is 3. The van der Waals surface area contributed by atoms with Crippen LogP contribution in [0.15, 0.2) is 28.9 Å². The molecule has 1 aromatic heterocycles. The van der Waals surface area contributed by atoms with Crippen molar-refractivity contribution in [1.29, 1.82) is 0 Å². The molecule has 5 nitrogen and oxygen atoms in total. The normalized spacial score (nSPS) is 10.5. The van der Waals surface area contributed by atoms with Crippen LogP contribution in [0.25, 0.3) is 11.3 Å². The first kappa shape index (κ1) is 11.7. The largest absolute Gasteiger partial charge is 0.314 e. The standard InChI is InChI=1S/C10H7BrFN3O2/c1-14-5-9(15(16)17)10(13-14)7-4-6(12)2-3-8(7)11/h2-5H,1H3. The van der Waals surface area contributed by atoms with E-state index in [-0.39, 0.29) is 11.4 Å². The average molecular weight is 300 g/mol. The Morgan fingerprint density at radius 3 is 2.88 bits per heavy atom. The van der Waals surface area contributed by atoms with Gasteiger partial charge >= 0.3 is 5.69 Å². The lowest BCUT2D eigenvalue weighted by Crippen LogP contribution is -1.91. The lowest BCUT2D eigenvalue weighted by atomic mass is 10.1. The predicted molar refractivity (Wildman–Crippen MR) is 63.0 cm³/mol. The third-order valence-corrected chi connectivity index (χ3v) is 2.88. The van der Waals surface area contributed by atoms with Crippen LogP contribution in [0.5, 0.6) is 0 Å². The number of hydrogen-bond donors (Lipinski definition) is 0. The first-order valence-corrected chi connectivity index (χ1v) is 5.42. The summed E-state index contributed by atoms with van der Waals surface area (Å²) < 4.78 is 15.0. The van der Waals surface area contributed by atoms with Crippen molar-refractivity contribution in [1.82, 2.24) is 9.78 Å². The first-order chi connectivity index (χ1) is 7.99. The number of halogens is 2. The van der Waals surface area contributed by atoms with Gasteiger partial charge in [-0.1, -0.05) is 15.9 Å². The SMILES string of the molecule is Cn1cc([N+](=O)[O-])c(-c2cc(F)ccc2Br)n1. The zero-order chi connectivity index (χ0) is 12.6. The number of rotatable bonds is 2. The molecule has 0 saturated heterocycles. The lowest BCUT2D eigenvalue weighted by molar-refractivity contribution is -0.384. The fourth-order valence-corrected chi connectivity index (χ4v) is 1.91. The summed E-state index contributed by atoms with van der Waals surface area (Å²) in [5, 5.41) is 14.8. The molecule has 0 aliphatic heterocycles. The Labute approximate surface area is 104 Å². The van der Waals surface area contributed by atoms with Gasteiger partial charge in [0, 0.05) is 17.1 Å². The van der Waals surface area contributed by atoms with Crippen molar-refractivity contribution in [3.63, 3.8) is 0 Å². The van der Waals surface area contributed by atoms with Crippen molar-refractivity contribution in [2.75, 3.05) is 0 Å². The number of nitro groups is 1. The smallest absolute Gasteiger partial charge is 0.268 e. The highest BCUT2D eigenvalue weighted by Gasteiger charge is 2.22. The van der Waals surface area contributed by atoms with Crippen molar-refractivity contribution in [2.45, 2.75) is 0 Å². The monoisotopic (exact) mass is 299 g/mol. The van der Waals surface area contributed by atoms with Crippen molar-refractivity contribution < 1.29 is 9.31 Å².